The summed E-state index contributed by atoms with van der Waals surface area (Å²) in [6.07, 6.45) is 5.66. The average Bonchev–Trinajstić information content (AvgIpc) is 2.22. The van der Waals surface area contributed by atoms with Gasteiger partial charge in [0.25, 0.3) is 0 Å². The predicted molar refractivity (Wildman–Crippen MR) is 65.5 cm³/mol. The predicted octanol–water partition coefficient (Wildman–Crippen LogP) is 4.00. The highest BCUT2D eigenvalue weighted by Gasteiger charge is 2.05. The van der Waals surface area contributed by atoms with Crippen LogP contribution in [0.3, 0.4) is 0 Å². The molecule has 1 rings (SSSR count). The molecule has 84 valence electrons. The molecule has 1 aromatic rings. The van der Waals surface area contributed by atoms with Crippen LogP contribution in [0.25, 0.3) is 0 Å². The molecule has 1 heteroatoms. The fourth-order valence-electron chi connectivity index (χ4n) is 1.92. The number of aromatic hydroxyl groups is 1. The van der Waals surface area contributed by atoms with Crippen molar-refractivity contribution in [1.82, 2.24) is 0 Å². The maximum absolute atomic E-state index is 9.88. The Morgan fingerprint density at radius 1 is 1.07 bits per heavy atom. The topological polar surface area (TPSA) is 20.2 Å². The van der Waals surface area contributed by atoms with Crippen LogP contribution < -0.4 is 0 Å². The fraction of sp³-hybridized carbons (Fsp3) is 0.571. The van der Waals surface area contributed by atoms with Crippen molar-refractivity contribution in [2.75, 3.05) is 0 Å². The summed E-state index contributed by atoms with van der Waals surface area (Å²) >= 11 is 0. The molecule has 0 spiro atoms. The third kappa shape index (κ3) is 3.26. The Balaban J connectivity index is 2.90. The van der Waals surface area contributed by atoms with Gasteiger partial charge in [-0.25, -0.2) is 0 Å². The molecule has 0 atom stereocenters. The molecule has 0 aliphatic rings. The van der Waals surface area contributed by atoms with Crippen molar-refractivity contribution in [3.05, 3.63) is 28.8 Å². The van der Waals surface area contributed by atoms with Crippen molar-refractivity contribution < 1.29 is 5.11 Å². The Morgan fingerprint density at radius 2 is 1.80 bits per heavy atom. The van der Waals surface area contributed by atoms with Gasteiger partial charge in [0.15, 0.2) is 0 Å². The Labute approximate surface area is 93.1 Å². The van der Waals surface area contributed by atoms with Gasteiger partial charge < -0.3 is 5.11 Å². The first kappa shape index (κ1) is 12.1. The van der Waals surface area contributed by atoms with Gasteiger partial charge in [0.2, 0.25) is 0 Å². The van der Waals surface area contributed by atoms with Gasteiger partial charge in [-0.3, -0.25) is 0 Å². The van der Waals surface area contributed by atoms with Gasteiger partial charge in [0.1, 0.15) is 5.75 Å². The molecule has 0 aromatic heterocycles. The number of unbranched alkanes of at least 4 members (excludes halogenated alkanes) is 1. The van der Waals surface area contributed by atoms with Crippen LogP contribution in [0.15, 0.2) is 12.1 Å². The van der Waals surface area contributed by atoms with Gasteiger partial charge in [-0.05, 0) is 42.9 Å². The summed E-state index contributed by atoms with van der Waals surface area (Å²) in [5, 5.41) is 9.88. The van der Waals surface area contributed by atoms with Gasteiger partial charge in [0.05, 0.1) is 0 Å². The third-order valence-electron chi connectivity index (χ3n) is 2.78. The van der Waals surface area contributed by atoms with Crippen LogP contribution in [0.4, 0.5) is 0 Å². The second kappa shape index (κ2) is 5.79. The minimum absolute atomic E-state index is 0.497. The van der Waals surface area contributed by atoms with Crippen molar-refractivity contribution in [2.24, 2.45) is 0 Å². The van der Waals surface area contributed by atoms with E-state index in [0.717, 1.165) is 30.4 Å². The molecule has 0 saturated heterocycles. The van der Waals surface area contributed by atoms with Gasteiger partial charge >= 0.3 is 0 Å². The number of benzene rings is 1. The summed E-state index contributed by atoms with van der Waals surface area (Å²) < 4.78 is 0. The van der Waals surface area contributed by atoms with Crippen molar-refractivity contribution in [1.29, 1.82) is 0 Å². The standard InChI is InChI=1S/C14H22O/c1-4-6-8-12-9-11(3)14(15)13(10-12)7-5-2/h9-10,15H,4-8H2,1-3H3. The average molecular weight is 206 g/mol. The normalized spacial score (nSPS) is 10.6. The number of rotatable bonds is 5. The molecule has 0 heterocycles. The summed E-state index contributed by atoms with van der Waals surface area (Å²) in [5.41, 5.74) is 3.51. The fourth-order valence-corrected chi connectivity index (χ4v) is 1.92. The number of hydrogen-bond donors (Lipinski definition) is 1. The number of hydrogen-bond acceptors (Lipinski definition) is 1. The molecule has 0 bridgehead atoms. The van der Waals surface area contributed by atoms with E-state index >= 15 is 0 Å². The van der Waals surface area contributed by atoms with Crippen LogP contribution in [0.2, 0.25) is 0 Å². The summed E-state index contributed by atoms with van der Waals surface area (Å²) in [6, 6.07) is 4.28. The molecule has 1 aromatic carbocycles. The molecule has 0 aliphatic heterocycles. The van der Waals surface area contributed by atoms with E-state index in [1.807, 2.05) is 6.92 Å². The lowest BCUT2D eigenvalue weighted by molar-refractivity contribution is 0.463. The number of phenols is 1. The number of aryl methyl sites for hydroxylation is 3. The van der Waals surface area contributed by atoms with Crippen molar-refractivity contribution in [3.8, 4) is 5.75 Å². The first-order valence-electron chi connectivity index (χ1n) is 6.00. The summed E-state index contributed by atoms with van der Waals surface area (Å²) in [4.78, 5) is 0. The zero-order valence-corrected chi connectivity index (χ0v) is 10.1. The van der Waals surface area contributed by atoms with E-state index in [2.05, 4.69) is 26.0 Å². The molecule has 0 radical (unpaired) electrons. The summed E-state index contributed by atoms with van der Waals surface area (Å²) in [6.45, 7) is 6.34. The van der Waals surface area contributed by atoms with Gasteiger partial charge in [0, 0.05) is 0 Å². The van der Waals surface area contributed by atoms with Crippen molar-refractivity contribution >= 4 is 0 Å². The van der Waals surface area contributed by atoms with E-state index in [1.165, 1.54) is 18.4 Å². The highest BCUT2D eigenvalue weighted by atomic mass is 16.3. The summed E-state index contributed by atoms with van der Waals surface area (Å²) in [7, 11) is 0. The molecule has 0 fully saturated rings. The van der Waals surface area contributed by atoms with E-state index in [1.54, 1.807) is 0 Å². The van der Waals surface area contributed by atoms with E-state index in [0.29, 0.717) is 5.75 Å². The molecule has 0 aliphatic carbocycles. The SMILES string of the molecule is CCCCc1cc(C)c(O)c(CCC)c1. The number of phenolic OH excluding ortho intramolecular Hbond substituents is 1. The first-order chi connectivity index (χ1) is 7.19. The maximum atomic E-state index is 9.88. The molecule has 1 N–H and O–H groups in total. The van der Waals surface area contributed by atoms with Crippen molar-refractivity contribution in [3.63, 3.8) is 0 Å². The smallest absolute Gasteiger partial charge is 0.121 e. The van der Waals surface area contributed by atoms with E-state index in [9.17, 15) is 5.11 Å². The Morgan fingerprint density at radius 3 is 2.40 bits per heavy atom. The zero-order chi connectivity index (χ0) is 11.3. The molecule has 15 heavy (non-hydrogen) atoms. The Kier molecular flexibility index (Phi) is 4.67. The van der Waals surface area contributed by atoms with Crippen LogP contribution >= 0.6 is 0 Å². The quantitative estimate of drug-likeness (QED) is 0.772. The van der Waals surface area contributed by atoms with E-state index in [-0.39, 0.29) is 0 Å². The lowest BCUT2D eigenvalue weighted by Crippen LogP contribution is -1.93. The molecule has 0 saturated carbocycles. The zero-order valence-electron chi connectivity index (χ0n) is 10.1. The largest absolute Gasteiger partial charge is 0.507 e. The van der Waals surface area contributed by atoms with Crippen LogP contribution in [0, 0.1) is 6.92 Å². The molecule has 1 nitrogen and oxygen atoms in total. The summed E-state index contributed by atoms with van der Waals surface area (Å²) in [5.74, 6) is 0.497. The minimum atomic E-state index is 0.497. The monoisotopic (exact) mass is 206 g/mol. The Bertz CT molecular complexity index is 315. The molecular weight excluding hydrogens is 184 g/mol. The third-order valence-corrected chi connectivity index (χ3v) is 2.78. The Hall–Kier alpha value is -0.980. The first-order valence-corrected chi connectivity index (χ1v) is 6.00. The van der Waals surface area contributed by atoms with Crippen LogP contribution in [0.1, 0.15) is 49.8 Å². The van der Waals surface area contributed by atoms with Gasteiger partial charge in [-0.1, -0.05) is 38.8 Å². The maximum Gasteiger partial charge on any atom is 0.121 e. The lowest BCUT2D eigenvalue weighted by atomic mass is 9.98. The molecular formula is C14H22O. The van der Waals surface area contributed by atoms with E-state index < -0.39 is 0 Å². The van der Waals surface area contributed by atoms with Crippen LogP contribution in [-0.4, -0.2) is 5.11 Å². The van der Waals surface area contributed by atoms with Gasteiger partial charge in [-0.15, -0.1) is 0 Å². The molecule has 0 amide bonds. The van der Waals surface area contributed by atoms with Crippen LogP contribution in [0.5, 0.6) is 5.75 Å². The molecule has 0 unspecified atom stereocenters. The highest BCUT2D eigenvalue weighted by molar-refractivity contribution is 5.43. The van der Waals surface area contributed by atoms with Crippen LogP contribution in [-0.2, 0) is 12.8 Å². The highest BCUT2D eigenvalue weighted by Crippen LogP contribution is 2.25. The second-order valence-electron chi connectivity index (χ2n) is 4.27. The minimum Gasteiger partial charge on any atom is -0.507 e. The van der Waals surface area contributed by atoms with Gasteiger partial charge in [-0.2, -0.15) is 0 Å². The second-order valence-corrected chi connectivity index (χ2v) is 4.27. The van der Waals surface area contributed by atoms with Crippen molar-refractivity contribution in [2.45, 2.75) is 52.9 Å². The lowest BCUT2D eigenvalue weighted by Gasteiger charge is -2.10. The van der Waals surface area contributed by atoms with E-state index in [4.69, 9.17) is 0 Å².